The average molecular weight is 1010 g/mol. The van der Waals surface area contributed by atoms with E-state index in [4.69, 9.17) is 0 Å². The monoisotopic (exact) mass is 1010 g/mol. The van der Waals surface area contributed by atoms with Gasteiger partial charge >= 0.3 is 0 Å². The van der Waals surface area contributed by atoms with E-state index in [0.717, 1.165) is 38.5 Å². The number of hydrogen-bond donors (Lipinski definition) is 3. The van der Waals surface area contributed by atoms with E-state index < -0.39 is 12.1 Å². The molecule has 0 aliphatic carbocycles. The molecular weight excluding hydrogens is 879 g/mol. The van der Waals surface area contributed by atoms with Crippen LogP contribution in [0.4, 0.5) is 0 Å². The van der Waals surface area contributed by atoms with Crippen LogP contribution in [0.1, 0.15) is 361 Å². The molecule has 1 amide bonds. The van der Waals surface area contributed by atoms with Crippen LogP contribution in [0.15, 0.2) is 48.6 Å². The maximum Gasteiger partial charge on any atom is 0.220 e. The molecule has 0 rings (SSSR count). The second kappa shape index (κ2) is 63.6. The number of amides is 1. The molecule has 4 heteroatoms. The van der Waals surface area contributed by atoms with E-state index in [2.05, 4.69) is 55.6 Å². The Hall–Kier alpha value is -1.65. The van der Waals surface area contributed by atoms with Crippen LogP contribution >= 0.6 is 0 Å². The van der Waals surface area contributed by atoms with Crippen LogP contribution in [0.25, 0.3) is 0 Å². The highest BCUT2D eigenvalue weighted by Crippen LogP contribution is 2.18. The smallest absolute Gasteiger partial charge is 0.220 e. The molecule has 0 spiro atoms. The average Bonchev–Trinajstić information content (AvgIpc) is 3.39. The normalized spacial score (nSPS) is 13.0. The van der Waals surface area contributed by atoms with Gasteiger partial charge in [-0.1, -0.05) is 345 Å². The molecule has 0 aromatic rings. The van der Waals surface area contributed by atoms with E-state index in [0.29, 0.717) is 6.42 Å². The lowest BCUT2D eigenvalue weighted by Gasteiger charge is -2.20. The van der Waals surface area contributed by atoms with Crippen LogP contribution < -0.4 is 5.32 Å². The third kappa shape index (κ3) is 59.2. The zero-order chi connectivity index (χ0) is 52.0. The number of carbonyl (C=O) groups excluding carboxylic acids is 1. The van der Waals surface area contributed by atoms with E-state index in [9.17, 15) is 15.0 Å². The van der Waals surface area contributed by atoms with Crippen LogP contribution in [0, 0.1) is 0 Å². The molecule has 2 atom stereocenters. The fourth-order valence-electron chi connectivity index (χ4n) is 10.3. The Morgan fingerprint density at radius 2 is 0.569 bits per heavy atom. The molecule has 0 saturated carbocycles. The summed E-state index contributed by atoms with van der Waals surface area (Å²) < 4.78 is 0. The van der Waals surface area contributed by atoms with E-state index >= 15 is 0 Å². The summed E-state index contributed by atoms with van der Waals surface area (Å²) in [5, 5.41) is 23.2. The minimum Gasteiger partial charge on any atom is -0.394 e. The number of allylic oxidation sites excluding steroid dienone is 7. The SMILES string of the molecule is CCCCCCC/C=C\C/C=C\C/C=C\CCCCCCCCCCCCCCCCCCCCCCCCCCC(=O)NC(CO)C(O)/C=C/CCCCCCCCCCCCCCCCCCCCC. The first-order valence-electron chi connectivity index (χ1n) is 32.9. The molecule has 2 unspecified atom stereocenters. The van der Waals surface area contributed by atoms with Crippen LogP contribution in [-0.2, 0) is 4.79 Å². The number of rotatable bonds is 61. The van der Waals surface area contributed by atoms with Gasteiger partial charge in [-0.2, -0.15) is 0 Å². The lowest BCUT2D eigenvalue weighted by Crippen LogP contribution is -2.45. The predicted molar refractivity (Wildman–Crippen MR) is 322 cm³/mol. The van der Waals surface area contributed by atoms with E-state index in [1.54, 1.807) is 6.08 Å². The van der Waals surface area contributed by atoms with Gasteiger partial charge in [0.05, 0.1) is 18.8 Å². The molecule has 424 valence electrons. The zero-order valence-corrected chi connectivity index (χ0v) is 49.0. The van der Waals surface area contributed by atoms with Crippen LogP contribution in [0.2, 0.25) is 0 Å². The van der Waals surface area contributed by atoms with Crippen molar-refractivity contribution in [3.8, 4) is 0 Å². The Morgan fingerprint density at radius 3 is 0.847 bits per heavy atom. The summed E-state index contributed by atoms with van der Waals surface area (Å²) >= 11 is 0. The number of nitrogens with one attached hydrogen (secondary N) is 1. The van der Waals surface area contributed by atoms with Gasteiger partial charge in [-0.3, -0.25) is 4.79 Å². The summed E-state index contributed by atoms with van der Waals surface area (Å²) in [6.07, 6.45) is 88.9. The largest absolute Gasteiger partial charge is 0.394 e. The number of carbonyl (C=O) groups is 1. The van der Waals surface area contributed by atoms with Gasteiger partial charge in [0.2, 0.25) is 5.91 Å². The Labute approximate surface area is 452 Å². The molecule has 0 bridgehead atoms. The van der Waals surface area contributed by atoms with E-state index in [-0.39, 0.29) is 12.5 Å². The minimum atomic E-state index is -0.839. The molecule has 72 heavy (non-hydrogen) atoms. The van der Waals surface area contributed by atoms with Gasteiger partial charge in [0.15, 0.2) is 0 Å². The lowest BCUT2D eigenvalue weighted by atomic mass is 10.0. The lowest BCUT2D eigenvalue weighted by molar-refractivity contribution is -0.123. The molecule has 3 N–H and O–H groups in total. The Morgan fingerprint density at radius 1 is 0.333 bits per heavy atom. The molecule has 4 nitrogen and oxygen atoms in total. The summed E-state index contributed by atoms with van der Waals surface area (Å²) in [7, 11) is 0. The van der Waals surface area contributed by atoms with Crippen LogP contribution in [-0.4, -0.2) is 34.9 Å². The van der Waals surface area contributed by atoms with Gasteiger partial charge in [-0.05, 0) is 57.8 Å². The first kappa shape index (κ1) is 70.3. The maximum atomic E-state index is 12.5. The van der Waals surface area contributed by atoms with Gasteiger partial charge < -0.3 is 15.5 Å². The third-order valence-corrected chi connectivity index (χ3v) is 15.3. The van der Waals surface area contributed by atoms with Crippen molar-refractivity contribution >= 4 is 5.91 Å². The maximum absolute atomic E-state index is 12.5. The Bertz CT molecular complexity index is 1140. The van der Waals surface area contributed by atoms with Crippen LogP contribution in [0.5, 0.6) is 0 Å². The highest BCUT2D eigenvalue weighted by Gasteiger charge is 2.18. The molecule has 0 aliphatic heterocycles. The van der Waals surface area contributed by atoms with Crippen molar-refractivity contribution < 1.29 is 15.0 Å². The number of hydrogen-bond acceptors (Lipinski definition) is 3. The number of unbranched alkanes of at least 4 members (excludes halogenated alkanes) is 48. The molecular formula is C68H129NO3. The van der Waals surface area contributed by atoms with Crippen LogP contribution in [0.3, 0.4) is 0 Å². The standard InChI is InChI=1S/C68H129NO3/c1-3-5-7-9-11-13-15-17-19-21-23-25-26-27-28-29-30-31-32-33-34-35-36-37-38-39-40-41-42-44-46-48-50-52-54-56-58-60-62-64-68(72)69-66(65-70)67(71)63-61-59-57-55-53-51-49-47-45-43-24-22-20-18-16-14-12-10-8-6-4-2/h15,17,21,23,26-27,61,63,66-67,70-71H,3-14,16,18-20,22,24-25,28-60,62,64-65H2,1-2H3,(H,69,72)/b17-15-,23-21-,27-26-,63-61+. The second-order valence-corrected chi connectivity index (χ2v) is 22.5. The predicted octanol–water partition coefficient (Wildman–Crippen LogP) is 22.2. The third-order valence-electron chi connectivity index (χ3n) is 15.3. The van der Waals surface area contributed by atoms with Gasteiger partial charge in [0.25, 0.3) is 0 Å². The fourth-order valence-corrected chi connectivity index (χ4v) is 10.3. The zero-order valence-electron chi connectivity index (χ0n) is 49.0. The van der Waals surface area contributed by atoms with Crippen molar-refractivity contribution in [2.24, 2.45) is 0 Å². The summed E-state index contributed by atoms with van der Waals surface area (Å²) in [5.74, 6) is -0.0569. The van der Waals surface area contributed by atoms with Gasteiger partial charge in [-0.15, -0.1) is 0 Å². The summed E-state index contributed by atoms with van der Waals surface area (Å²) in [4.78, 5) is 12.5. The molecule has 0 saturated heterocycles. The molecule has 0 aliphatic rings. The quantitative estimate of drug-likeness (QED) is 0.0420. The van der Waals surface area contributed by atoms with Crippen molar-refractivity contribution in [2.75, 3.05) is 6.61 Å². The second-order valence-electron chi connectivity index (χ2n) is 22.5. The number of aliphatic hydroxyl groups is 2. The molecule has 0 aromatic heterocycles. The number of aliphatic hydroxyl groups excluding tert-OH is 2. The minimum absolute atomic E-state index is 0.0569. The van der Waals surface area contributed by atoms with E-state index in [1.807, 2.05) is 6.08 Å². The van der Waals surface area contributed by atoms with Gasteiger partial charge in [0, 0.05) is 6.42 Å². The topological polar surface area (TPSA) is 69.6 Å². The van der Waals surface area contributed by atoms with Gasteiger partial charge in [-0.25, -0.2) is 0 Å². The molecule has 0 heterocycles. The molecule has 0 aromatic carbocycles. The highest BCUT2D eigenvalue weighted by atomic mass is 16.3. The Balaban J connectivity index is 3.41. The van der Waals surface area contributed by atoms with Crippen molar-refractivity contribution in [1.82, 2.24) is 5.32 Å². The van der Waals surface area contributed by atoms with Crippen molar-refractivity contribution in [3.05, 3.63) is 48.6 Å². The summed E-state index contributed by atoms with van der Waals surface area (Å²) in [6, 6.07) is -0.622. The molecule has 0 radical (unpaired) electrons. The first-order chi connectivity index (χ1) is 35.7. The Kier molecular flexibility index (Phi) is 62.2. The van der Waals surface area contributed by atoms with Crippen molar-refractivity contribution in [1.29, 1.82) is 0 Å². The first-order valence-corrected chi connectivity index (χ1v) is 32.9. The van der Waals surface area contributed by atoms with Gasteiger partial charge in [0.1, 0.15) is 0 Å². The van der Waals surface area contributed by atoms with Crippen molar-refractivity contribution in [2.45, 2.75) is 373 Å². The highest BCUT2D eigenvalue weighted by molar-refractivity contribution is 5.76. The van der Waals surface area contributed by atoms with Crippen molar-refractivity contribution in [3.63, 3.8) is 0 Å². The summed E-state index contributed by atoms with van der Waals surface area (Å²) in [6.45, 7) is 4.33. The fraction of sp³-hybridized carbons (Fsp3) is 0.868. The van der Waals surface area contributed by atoms with E-state index in [1.165, 1.54) is 302 Å². The summed E-state index contributed by atoms with van der Waals surface area (Å²) in [5.41, 5.74) is 0. The molecule has 0 fully saturated rings.